The summed E-state index contributed by atoms with van der Waals surface area (Å²) in [4.78, 5) is 13.7. The number of fused-ring (bicyclic) bond motifs is 1. The smallest absolute Gasteiger partial charge is 0.417 e. The third kappa shape index (κ3) is 2.44. The van der Waals surface area contributed by atoms with Crippen molar-refractivity contribution in [2.75, 3.05) is 5.32 Å². The largest absolute Gasteiger partial charge is 0.508 e. The maximum atomic E-state index is 11.0. The highest BCUT2D eigenvalue weighted by molar-refractivity contribution is 5.76. The maximum Gasteiger partial charge on any atom is 0.417 e. The van der Waals surface area contributed by atoms with E-state index in [9.17, 15) is 9.90 Å². The number of aromatic amines is 1. The Morgan fingerprint density at radius 3 is 2.95 bits per heavy atom. The Hall–Kier alpha value is -2.69. The monoisotopic (exact) mass is 256 g/mol. The van der Waals surface area contributed by atoms with Gasteiger partial charge in [-0.05, 0) is 35.9 Å². The first-order valence-electron chi connectivity index (χ1n) is 5.85. The summed E-state index contributed by atoms with van der Waals surface area (Å²) in [6.45, 7) is 0.585. The van der Waals surface area contributed by atoms with Crippen LogP contribution in [0.2, 0.25) is 0 Å². The number of benzene rings is 2. The number of anilines is 1. The molecule has 1 aromatic heterocycles. The zero-order valence-corrected chi connectivity index (χ0v) is 10.0. The Morgan fingerprint density at radius 2 is 2.11 bits per heavy atom. The molecule has 0 aliphatic carbocycles. The van der Waals surface area contributed by atoms with Crippen LogP contribution in [0.5, 0.6) is 5.75 Å². The number of nitrogens with one attached hydrogen (secondary N) is 2. The van der Waals surface area contributed by atoms with E-state index >= 15 is 0 Å². The Morgan fingerprint density at radius 1 is 1.21 bits per heavy atom. The first kappa shape index (κ1) is 11.4. The average Bonchev–Trinajstić information content (AvgIpc) is 2.75. The van der Waals surface area contributed by atoms with E-state index in [1.165, 1.54) is 0 Å². The standard InChI is InChI=1S/C14H12N2O3/c17-11-3-1-2-9(6-11)8-15-10-4-5-13-12(7-10)16-14(18)19-13/h1-7,15,17H,8H2,(H,16,18). The van der Waals surface area contributed by atoms with E-state index in [-0.39, 0.29) is 5.75 Å². The fraction of sp³-hybridized carbons (Fsp3) is 0.0714. The van der Waals surface area contributed by atoms with Gasteiger partial charge in [0.15, 0.2) is 5.58 Å². The van der Waals surface area contributed by atoms with Gasteiger partial charge in [-0.15, -0.1) is 0 Å². The van der Waals surface area contributed by atoms with Crippen LogP contribution in [0.25, 0.3) is 11.1 Å². The lowest BCUT2D eigenvalue weighted by molar-refractivity contribution is 0.474. The maximum absolute atomic E-state index is 11.0. The lowest BCUT2D eigenvalue weighted by Gasteiger charge is -2.06. The van der Waals surface area contributed by atoms with Crippen LogP contribution in [0.1, 0.15) is 5.56 Å². The number of oxazole rings is 1. The van der Waals surface area contributed by atoms with Crippen molar-refractivity contribution in [3.63, 3.8) is 0 Å². The van der Waals surface area contributed by atoms with Gasteiger partial charge in [0.2, 0.25) is 0 Å². The zero-order valence-electron chi connectivity index (χ0n) is 10.0. The Labute approximate surface area is 108 Å². The van der Waals surface area contributed by atoms with Crippen molar-refractivity contribution in [1.29, 1.82) is 0 Å². The Kier molecular flexibility index (Phi) is 2.72. The molecular weight excluding hydrogens is 244 g/mol. The SMILES string of the molecule is O=c1[nH]c2cc(NCc3cccc(O)c3)ccc2o1. The number of H-pyrrole nitrogens is 1. The first-order valence-corrected chi connectivity index (χ1v) is 5.85. The predicted molar refractivity (Wildman–Crippen MR) is 72.3 cm³/mol. The number of rotatable bonds is 3. The molecule has 0 spiro atoms. The van der Waals surface area contributed by atoms with Crippen molar-refractivity contribution in [3.05, 3.63) is 58.6 Å². The second kappa shape index (κ2) is 4.53. The number of aromatic nitrogens is 1. The average molecular weight is 256 g/mol. The van der Waals surface area contributed by atoms with Crippen LogP contribution in [-0.4, -0.2) is 10.1 Å². The second-order valence-electron chi connectivity index (χ2n) is 4.25. The summed E-state index contributed by atoms with van der Waals surface area (Å²) in [6, 6.07) is 12.4. The van der Waals surface area contributed by atoms with E-state index in [1.807, 2.05) is 18.2 Å². The van der Waals surface area contributed by atoms with Crippen molar-refractivity contribution in [2.45, 2.75) is 6.54 Å². The van der Waals surface area contributed by atoms with Gasteiger partial charge >= 0.3 is 5.76 Å². The number of phenolic OH excluding ortho intramolecular Hbond substituents is 1. The summed E-state index contributed by atoms with van der Waals surface area (Å²) < 4.78 is 4.93. The van der Waals surface area contributed by atoms with Crippen LogP contribution in [-0.2, 0) is 6.54 Å². The Bertz CT molecular complexity index is 773. The molecule has 2 aromatic carbocycles. The molecule has 3 N–H and O–H groups in total. The van der Waals surface area contributed by atoms with Gasteiger partial charge in [0, 0.05) is 12.2 Å². The van der Waals surface area contributed by atoms with E-state index in [0.717, 1.165) is 11.3 Å². The van der Waals surface area contributed by atoms with E-state index in [0.29, 0.717) is 17.6 Å². The molecule has 0 unspecified atom stereocenters. The molecule has 3 rings (SSSR count). The van der Waals surface area contributed by atoms with Gasteiger partial charge in [-0.25, -0.2) is 4.79 Å². The van der Waals surface area contributed by atoms with Gasteiger partial charge < -0.3 is 14.8 Å². The van der Waals surface area contributed by atoms with Crippen LogP contribution >= 0.6 is 0 Å². The molecule has 0 aliphatic heterocycles. The highest BCUT2D eigenvalue weighted by atomic mass is 16.4. The number of hydrogen-bond donors (Lipinski definition) is 3. The van der Waals surface area contributed by atoms with Gasteiger partial charge in [-0.3, -0.25) is 4.98 Å². The second-order valence-corrected chi connectivity index (χ2v) is 4.25. The van der Waals surface area contributed by atoms with Gasteiger partial charge in [0.05, 0.1) is 5.52 Å². The van der Waals surface area contributed by atoms with Crippen molar-refractivity contribution in [1.82, 2.24) is 4.98 Å². The lowest BCUT2D eigenvalue weighted by Crippen LogP contribution is -1.99. The topological polar surface area (TPSA) is 78.3 Å². The third-order valence-corrected chi connectivity index (χ3v) is 2.83. The minimum atomic E-state index is -0.458. The molecule has 1 heterocycles. The van der Waals surface area contributed by atoms with Crippen LogP contribution in [0, 0.1) is 0 Å². The highest BCUT2D eigenvalue weighted by Crippen LogP contribution is 2.18. The van der Waals surface area contributed by atoms with E-state index in [4.69, 9.17) is 4.42 Å². The molecule has 19 heavy (non-hydrogen) atoms. The molecule has 0 aliphatic rings. The van der Waals surface area contributed by atoms with E-state index in [1.54, 1.807) is 24.3 Å². The quantitative estimate of drug-likeness (QED) is 0.672. The predicted octanol–water partition coefficient (Wildman–Crippen LogP) is 2.44. The van der Waals surface area contributed by atoms with Gasteiger partial charge in [-0.1, -0.05) is 12.1 Å². The van der Waals surface area contributed by atoms with E-state index in [2.05, 4.69) is 10.3 Å². The molecule has 0 bridgehead atoms. The number of phenols is 1. The third-order valence-electron chi connectivity index (χ3n) is 2.83. The molecule has 5 nitrogen and oxygen atoms in total. The summed E-state index contributed by atoms with van der Waals surface area (Å²) in [5.74, 6) is -0.214. The molecular formula is C14H12N2O3. The highest BCUT2D eigenvalue weighted by Gasteiger charge is 2.02. The molecule has 96 valence electrons. The van der Waals surface area contributed by atoms with Gasteiger partial charge in [0.25, 0.3) is 0 Å². The fourth-order valence-electron chi connectivity index (χ4n) is 1.93. The summed E-state index contributed by atoms with van der Waals surface area (Å²) in [6.07, 6.45) is 0. The summed E-state index contributed by atoms with van der Waals surface area (Å²) in [5, 5.41) is 12.6. The lowest BCUT2D eigenvalue weighted by atomic mass is 10.2. The summed E-state index contributed by atoms with van der Waals surface area (Å²) in [7, 11) is 0. The van der Waals surface area contributed by atoms with E-state index < -0.39 is 5.76 Å². The number of aromatic hydroxyl groups is 1. The molecule has 3 aromatic rings. The molecule has 0 amide bonds. The van der Waals surface area contributed by atoms with Crippen LogP contribution in [0.3, 0.4) is 0 Å². The summed E-state index contributed by atoms with van der Waals surface area (Å²) >= 11 is 0. The van der Waals surface area contributed by atoms with Gasteiger partial charge in [0.1, 0.15) is 5.75 Å². The van der Waals surface area contributed by atoms with Crippen molar-refractivity contribution in [3.8, 4) is 5.75 Å². The van der Waals surface area contributed by atoms with Crippen molar-refractivity contribution < 1.29 is 9.52 Å². The Balaban J connectivity index is 1.79. The zero-order chi connectivity index (χ0) is 13.2. The van der Waals surface area contributed by atoms with Crippen LogP contribution < -0.4 is 11.1 Å². The molecule has 0 fully saturated rings. The van der Waals surface area contributed by atoms with Crippen molar-refractivity contribution >= 4 is 16.8 Å². The molecule has 0 atom stereocenters. The van der Waals surface area contributed by atoms with Crippen molar-refractivity contribution in [2.24, 2.45) is 0 Å². The fourth-order valence-corrected chi connectivity index (χ4v) is 1.93. The van der Waals surface area contributed by atoms with Crippen LogP contribution in [0.4, 0.5) is 5.69 Å². The number of hydrogen-bond acceptors (Lipinski definition) is 4. The summed E-state index contributed by atoms with van der Waals surface area (Å²) in [5.41, 5.74) is 3.03. The van der Waals surface area contributed by atoms with Gasteiger partial charge in [-0.2, -0.15) is 0 Å². The first-order chi connectivity index (χ1) is 9.20. The normalized spacial score (nSPS) is 10.7. The molecule has 0 radical (unpaired) electrons. The van der Waals surface area contributed by atoms with Crippen LogP contribution in [0.15, 0.2) is 51.7 Å². The molecule has 5 heteroatoms. The molecule has 0 saturated carbocycles. The molecule has 0 saturated heterocycles. The minimum Gasteiger partial charge on any atom is -0.508 e. The minimum absolute atomic E-state index is 0.244.